The van der Waals surface area contributed by atoms with Crippen LogP contribution in [0.15, 0.2) is 10.5 Å². The van der Waals surface area contributed by atoms with Crippen LogP contribution in [0.3, 0.4) is 0 Å². The summed E-state index contributed by atoms with van der Waals surface area (Å²) < 4.78 is 26.6. The number of carbonyl (C=O) groups is 2. The van der Waals surface area contributed by atoms with Gasteiger partial charge in [-0.25, -0.2) is 23.9 Å². The molecule has 1 aromatic heterocycles. The van der Waals surface area contributed by atoms with Crippen molar-refractivity contribution >= 4 is 67.3 Å². The maximum atomic E-state index is 15.1. The molecule has 1 amide bonds. The summed E-state index contributed by atoms with van der Waals surface area (Å²) >= 11 is 5.29. The first-order chi connectivity index (χ1) is 15.0. The molecule has 2 aromatic rings. The van der Waals surface area contributed by atoms with E-state index in [9.17, 15) is 9.59 Å². The highest BCUT2D eigenvalue weighted by molar-refractivity contribution is 14.1. The monoisotopic (exact) mass is 620 g/mol. The second-order valence-corrected chi connectivity index (χ2v) is 10.8. The number of fused-ring (bicyclic) bond motifs is 3. The van der Waals surface area contributed by atoms with Crippen molar-refractivity contribution in [3.05, 3.63) is 25.8 Å². The van der Waals surface area contributed by atoms with Crippen LogP contribution in [-0.2, 0) is 9.47 Å². The van der Waals surface area contributed by atoms with Crippen molar-refractivity contribution in [2.45, 2.75) is 51.8 Å². The highest BCUT2D eigenvalue weighted by Gasteiger charge is 2.47. The Morgan fingerprint density at radius 3 is 2.59 bits per heavy atom. The van der Waals surface area contributed by atoms with Crippen molar-refractivity contribution in [1.29, 1.82) is 0 Å². The SMILES string of the molecule is CCOC(=O)c1nc(N2C[C@@H]3C[C@H]2CN3C(=O)OC(C)(C)C)c2cc(I)c(Br)c(F)c2n1. The fourth-order valence-electron chi connectivity index (χ4n) is 4.13. The van der Waals surface area contributed by atoms with Crippen molar-refractivity contribution in [3.63, 3.8) is 0 Å². The Balaban J connectivity index is 1.72. The summed E-state index contributed by atoms with van der Waals surface area (Å²) in [5.74, 6) is -0.975. The van der Waals surface area contributed by atoms with E-state index in [2.05, 4.69) is 25.9 Å². The number of likely N-dealkylation sites (tertiary alicyclic amines) is 1. The molecule has 1 aromatic carbocycles. The minimum absolute atomic E-state index is 0.0231. The predicted octanol–water partition coefficient (Wildman–Crippen LogP) is 4.51. The van der Waals surface area contributed by atoms with Gasteiger partial charge in [0, 0.05) is 22.0 Å². The van der Waals surface area contributed by atoms with Gasteiger partial charge in [0.05, 0.1) is 23.2 Å². The molecular formula is C21H23BrFIN4O4. The molecule has 8 nitrogen and oxygen atoms in total. The normalized spacial score (nSPS) is 20.2. The number of esters is 1. The van der Waals surface area contributed by atoms with E-state index in [1.54, 1.807) is 17.9 Å². The molecule has 0 unspecified atom stereocenters. The fourth-order valence-corrected chi connectivity index (χ4v) is 4.98. The third kappa shape index (κ3) is 4.25. The number of halogens is 3. The van der Waals surface area contributed by atoms with Gasteiger partial charge in [-0.05, 0) is 78.7 Å². The number of carbonyl (C=O) groups excluding carboxylic acids is 2. The zero-order chi connectivity index (χ0) is 23.4. The van der Waals surface area contributed by atoms with Crippen LogP contribution in [0, 0.1) is 9.39 Å². The molecule has 0 saturated carbocycles. The first-order valence-electron chi connectivity index (χ1n) is 10.3. The number of ether oxygens (including phenoxy) is 2. The quantitative estimate of drug-likeness (QED) is 0.284. The third-order valence-corrected chi connectivity index (χ3v) is 7.77. The standard InChI is InChI=1S/C21H23BrFIN4O4/c1-5-31-19(29)17-25-16-12(7-13(24)14(22)15(16)23)18(26-17)27-8-11-6-10(27)9-28(11)20(30)32-21(2,3)4/h7,10-11H,5-6,8-9H2,1-4H3/t10-,11-/m0/s1. The maximum Gasteiger partial charge on any atom is 0.410 e. The number of hydrogen-bond acceptors (Lipinski definition) is 7. The van der Waals surface area contributed by atoms with E-state index in [4.69, 9.17) is 9.47 Å². The van der Waals surface area contributed by atoms with Crippen LogP contribution in [0.1, 0.15) is 44.7 Å². The zero-order valence-electron chi connectivity index (χ0n) is 18.1. The summed E-state index contributed by atoms with van der Waals surface area (Å²) in [5.41, 5.74) is -0.519. The van der Waals surface area contributed by atoms with Crippen LogP contribution in [-0.4, -0.2) is 64.3 Å². The summed E-state index contributed by atoms with van der Waals surface area (Å²) in [7, 11) is 0. The van der Waals surface area contributed by atoms with Crippen LogP contribution in [0.4, 0.5) is 15.0 Å². The predicted molar refractivity (Wildman–Crippen MR) is 128 cm³/mol. The van der Waals surface area contributed by atoms with E-state index in [1.807, 2.05) is 48.3 Å². The summed E-state index contributed by atoms with van der Waals surface area (Å²) in [6, 6.07) is 1.72. The molecule has 0 spiro atoms. The molecular weight excluding hydrogens is 598 g/mol. The molecule has 2 aliphatic heterocycles. The van der Waals surface area contributed by atoms with Gasteiger partial charge in [-0.1, -0.05) is 0 Å². The summed E-state index contributed by atoms with van der Waals surface area (Å²) in [4.78, 5) is 37.4. The molecule has 3 heterocycles. The van der Waals surface area contributed by atoms with E-state index in [-0.39, 0.29) is 40.6 Å². The van der Waals surface area contributed by atoms with E-state index in [0.717, 1.165) is 6.42 Å². The van der Waals surface area contributed by atoms with Crippen LogP contribution >= 0.6 is 38.5 Å². The first-order valence-corrected chi connectivity index (χ1v) is 12.2. The Morgan fingerprint density at radius 1 is 1.28 bits per heavy atom. The van der Waals surface area contributed by atoms with E-state index < -0.39 is 17.4 Å². The van der Waals surface area contributed by atoms with E-state index >= 15 is 4.39 Å². The molecule has 0 aliphatic carbocycles. The highest BCUT2D eigenvalue weighted by atomic mass is 127. The van der Waals surface area contributed by atoms with Crippen molar-refractivity contribution in [2.24, 2.45) is 0 Å². The molecule has 32 heavy (non-hydrogen) atoms. The summed E-state index contributed by atoms with van der Waals surface area (Å²) in [5, 5.41) is 0.513. The minimum atomic E-state index is -0.704. The Bertz CT molecular complexity index is 1110. The number of benzene rings is 1. The van der Waals surface area contributed by atoms with Crippen LogP contribution in [0.5, 0.6) is 0 Å². The number of anilines is 1. The van der Waals surface area contributed by atoms with Gasteiger partial charge < -0.3 is 19.3 Å². The molecule has 2 saturated heterocycles. The van der Waals surface area contributed by atoms with Gasteiger partial charge in [0.25, 0.3) is 0 Å². The van der Waals surface area contributed by atoms with E-state index in [0.29, 0.717) is 27.9 Å². The van der Waals surface area contributed by atoms with Crippen LogP contribution in [0.25, 0.3) is 10.9 Å². The molecule has 0 N–H and O–H groups in total. The van der Waals surface area contributed by atoms with Crippen molar-refractivity contribution < 1.29 is 23.5 Å². The van der Waals surface area contributed by atoms with Crippen molar-refractivity contribution in [1.82, 2.24) is 14.9 Å². The maximum absolute atomic E-state index is 15.1. The molecule has 2 fully saturated rings. The Kier molecular flexibility index (Phi) is 6.25. The van der Waals surface area contributed by atoms with E-state index in [1.165, 1.54) is 0 Å². The second kappa shape index (κ2) is 8.54. The molecule has 11 heteroatoms. The largest absolute Gasteiger partial charge is 0.460 e. The van der Waals surface area contributed by atoms with Gasteiger partial charge in [-0.2, -0.15) is 0 Å². The van der Waals surface area contributed by atoms with Crippen molar-refractivity contribution in [2.75, 3.05) is 24.6 Å². The average Bonchev–Trinajstić information content (AvgIpc) is 3.31. The lowest BCUT2D eigenvalue weighted by atomic mass is 10.2. The molecule has 2 bridgehead atoms. The van der Waals surface area contributed by atoms with Gasteiger partial charge in [-0.15, -0.1) is 0 Å². The Labute approximate surface area is 207 Å². The molecule has 2 atom stereocenters. The lowest BCUT2D eigenvalue weighted by molar-refractivity contribution is 0.0214. The second-order valence-electron chi connectivity index (χ2n) is 8.80. The smallest absolute Gasteiger partial charge is 0.410 e. The number of aromatic nitrogens is 2. The molecule has 0 radical (unpaired) electrons. The highest BCUT2D eigenvalue weighted by Crippen LogP contribution is 2.39. The fraction of sp³-hybridized carbons (Fsp3) is 0.524. The van der Waals surface area contributed by atoms with Crippen molar-refractivity contribution in [3.8, 4) is 0 Å². The number of amides is 1. The average molecular weight is 621 g/mol. The topological polar surface area (TPSA) is 84.9 Å². The third-order valence-electron chi connectivity index (χ3n) is 5.41. The van der Waals surface area contributed by atoms with Gasteiger partial charge >= 0.3 is 12.1 Å². The summed E-state index contributed by atoms with van der Waals surface area (Å²) in [6.07, 6.45) is 0.407. The number of nitrogens with zero attached hydrogens (tertiary/aromatic N) is 4. The molecule has 4 rings (SSSR count). The zero-order valence-corrected chi connectivity index (χ0v) is 21.9. The Morgan fingerprint density at radius 2 is 2.00 bits per heavy atom. The Hall–Kier alpha value is -1.76. The number of piperazine rings is 1. The summed E-state index contributed by atoms with van der Waals surface area (Å²) in [6.45, 7) is 8.33. The molecule has 2 aliphatic rings. The van der Waals surface area contributed by atoms with Gasteiger partial charge in [-0.3, -0.25) is 0 Å². The van der Waals surface area contributed by atoms with Crippen LogP contribution in [0.2, 0.25) is 0 Å². The van der Waals surface area contributed by atoms with Crippen LogP contribution < -0.4 is 4.90 Å². The van der Waals surface area contributed by atoms with Gasteiger partial charge in [0.2, 0.25) is 5.82 Å². The lowest BCUT2D eigenvalue weighted by Crippen LogP contribution is -2.50. The van der Waals surface area contributed by atoms with Gasteiger partial charge in [0.1, 0.15) is 16.9 Å². The first kappa shape index (κ1) is 23.4. The number of rotatable bonds is 3. The number of hydrogen-bond donors (Lipinski definition) is 0. The lowest BCUT2D eigenvalue weighted by Gasteiger charge is -2.36. The molecule has 172 valence electrons. The minimum Gasteiger partial charge on any atom is -0.460 e. The van der Waals surface area contributed by atoms with Gasteiger partial charge in [0.15, 0.2) is 5.82 Å².